The minimum Gasteiger partial charge on any atom is -0.480 e. The van der Waals surface area contributed by atoms with Crippen LogP contribution in [0.4, 0.5) is 0 Å². The molecule has 0 saturated carbocycles. The van der Waals surface area contributed by atoms with E-state index in [4.69, 9.17) is 51.2 Å². The Bertz CT molecular complexity index is 7600. The number of benzene rings is 6. The van der Waals surface area contributed by atoms with Gasteiger partial charge in [0.15, 0.2) is 0 Å². The third kappa shape index (κ3) is 31.1. The van der Waals surface area contributed by atoms with Crippen LogP contribution in [0, 0.1) is 83.1 Å². The van der Waals surface area contributed by atoms with E-state index in [2.05, 4.69) is 115 Å². The molecular formula is C105H116N26O18S. The Morgan fingerprint density at radius 3 is 0.753 bits per heavy atom. The number of hydrogen-bond donors (Lipinski definition) is 1. The number of methoxy groups -OCH3 is 1. The number of rotatable bonds is 35. The number of aryl methyl sites for hydroxylation is 12. The molecule has 0 saturated heterocycles. The van der Waals surface area contributed by atoms with Crippen LogP contribution in [0.25, 0.3) is 138 Å². The lowest BCUT2D eigenvalue weighted by Crippen LogP contribution is -2.28. The lowest BCUT2D eigenvalue weighted by atomic mass is 10.1. The van der Waals surface area contributed by atoms with Crippen LogP contribution in [-0.4, -0.2) is 250 Å². The standard InChI is InChI=1S/C21H27N5O3.C19H23N5O3.C17H18N4O3S.C17H18N4O3.C16H16N4O3.C15H14N4O3/c1-5-25(6-2)10-11-28-19(27)14-26-18(13-16(4)23-26)20-22-21(29-24-20)17-9-7-8-15(3)12-17;1-13-6-5-7-15(10-13)19-20-18(22-27-19)16-11-14(2)21-24(16)12-17(25)26-9-8-23(3)4;1-11-5-4-6-13(7-11)17-18-16(20-24-17)14-8-12(2)19-21(14)9-15(22)23-10-25-3;1-4-23-15(22)10-21-14(9-12(3)19-21)16-18-17(24-20-16)13-7-5-6-11(2)8-13;1-10-5-4-6-12(7-10)16-17-15(19-23-16)13-8-11(2)18-20(13)9-14(21)22-3;1-9-4-3-5-11(6-9)15-16-14(18-22-15)12-7-10(2)17-19(12)8-13(20)21/h7-9,12-13H,5-6,10-11,14H2,1-4H3;5-7,10-11H,8-9,12H2,1-4H3;4-8H,9-10H2,1-3H3;5-9H,4,10H2,1-3H3;4-8H,9H2,1-3H3;3-7H,8H2,1-2H3,(H,20,21). The van der Waals surface area contributed by atoms with E-state index in [0.29, 0.717) is 149 Å². The highest BCUT2D eigenvalue weighted by atomic mass is 32.2. The molecule has 0 unspecified atom stereocenters. The lowest BCUT2D eigenvalue weighted by molar-refractivity contribution is -0.145. The van der Waals surface area contributed by atoms with Gasteiger partial charge in [-0.05, 0) is 233 Å². The van der Waals surface area contributed by atoms with Crippen molar-refractivity contribution in [3.05, 3.63) is 250 Å². The summed E-state index contributed by atoms with van der Waals surface area (Å²) in [6.07, 6.45) is 1.86. The number of aliphatic carboxylic acids is 1. The summed E-state index contributed by atoms with van der Waals surface area (Å²) in [5, 5.41) is 58.8. The van der Waals surface area contributed by atoms with Gasteiger partial charge in [0.05, 0.1) is 47.9 Å². The number of carboxylic acids is 1. The third-order valence-corrected chi connectivity index (χ3v) is 22.2. The van der Waals surface area contributed by atoms with Crippen LogP contribution in [0.2, 0.25) is 0 Å². The molecule has 780 valence electrons. The third-order valence-electron chi connectivity index (χ3n) is 21.9. The van der Waals surface area contributed by atoms with Gasteiger partial charge in [-0.3, -0.25) is 33.4 Å². The van der Waals surface area contributed by atoms with Crippen LogP contribution in [0.5, 0.6) is 0 Å². The number of ether oxygens (including phenoxy) is 5. The van der Waals surface area contributed by atoms with E-state index in [9.17, 15) is 28.8 Å². The maximum absolute atomic E-state index is 12.3. The van der Waals surface area contributed by atoms with Crippen molar-refractivity contribution in [2.24, 2.45) is 0 Å². The monoisotopic (exact) mass is 2060 g/mol. The Kier molecular flexibility index (Phi) is 38.4. The minimum absolute atomic E-state index is 0.00193. The van der Waals surface area contributed by atoms with E-state index in [1.807, 2.05) is 271 Å². The van der Waals surface area contributed by atoms with Crippen LogP contribution in [0.15, 0.2) is 209 Å². The summed E-state index contributed by atoms with van der Waals surface area (Å²) >= 11 is 1.44. The van der Waals surface area contributed by atoms with Crippen molar-refractivity contribution < 1.29 is 84.7 Å². The van der Waals surface area contributed by atoms with Crippen LogP contribution in [-0.2, 0) is 91.7 Å². The van der Waals surface area contributed by atoms with Crippen molar-refractivity contribution in [1.29, 1.82) is 0 Å². The number of thioether (sulfide) groups is 1. The molecule has 0 aliphatic heterocycles. The molecule has 0 radical (unpaired) electrons. The molecule has 0 atom stereocenters. The molecule has 45 heteroatoms. The van der Waals surface area contributed by atoms with Crippen molar-refractivity contribution in [3.63, 3.8) is 0 Å². The molecule has 18 rings (SSSR count). The summed E-state index contributed by atoms with van der Waals surface area (Å²) in [4.78, 5) is 101. The maximum Gasteiger partial charge on any atom is 0.328 e. The molecular weight excluding hydrogens is 1950 g/mol. The van der Waals surface area contributed by atoms with Gasteiger partial charge in [0.2, 0.25) is 34.9 Å². The summed E-state index contributed by atoms with van der Waals surface area (Å²) < 4.78 is 66.5. The Hall–Kier alpha value is -17.5. The number of hydrogen-bond acceptors (Lipinski definition) is 38. The lowest BCUT2D eigenvalue weighted by Gasteiger charge is -2.17. The van der Waals surface area contributed by atoms with Gasteiger partial charge in [0.1, 0.15) is 92.6 Å². The van der Waals surface area contributed by atoms with Crippen molar-refractivity contribution in [2.45, 2.75) is 143 Å². The largest absolute Gasteiger partial charge is 0.480 e. The molecule has 12 heterocycles. The SMILES string of the molecule is CCN(CC)CCOC(=O)Cn1nc(C)cc1-c1noc(-c2cccc(C)c2)n1.CCOC(=O)Cn1nc(C)cc1-c1noc(-c2cccc(C)c2)n1.COC(=O)Cn1nc(C)cc1-c1noc(-c2cccc(C)c2)n1.CSCOC(=O)Cn1nc(C)cc1-c1noc(-c2cccc(C)c2)n1.Cc1cccc(-c2nc(-c3cc(C)nn3CC(=O)O)no2)c1.Cc1cccc(-c2nc(-c3cc(C)nn3CC(=O)OCCN(C)C)no2)c1. The summed E-state index contributed by atoms with van der Waals surface area (Å²) in [6.45, 7) is 32.9. The van der Waals surface area contributed by atoms with Crippen LogP contribution >= 0.6 is 11.8 Å². The predicted octanol–water partition coefficient (Wildman–Crippen LogP) is 16.0. The number of aromatic nitrogens is 24. The van der Waals surface area contributed by atoms with Crippen LogP contribution < -0.4 is 0 Å². The van der Waals surface area contributed by atoms with Gasteiger partial charge >= 0.3 is 35.8 Å². The summed E-state index contributed by atoms with van der Waals surface area (Å²) in [5.41, 5.74) is 19.7. The van der Waals surface area contributed by atoms with Gasteiger partial charge in [-0.15, -0.1) is 11.8 Å². The zero-order valence-corrected chi connectivity index (χ0v) is 87.5. The number of carboxylic acid groups (broad SMARTS) is 1. The molecule has 44 nitrogen and oxygen atoms in total. The highest BCUT2D eigenvalue weighted by Crippen LogP contribution is 2.32. The molecule has 0 aliphatic carbocycles. The molecule has 150 heavy (non-hydrogen) atoms. The molecule has 1 N–H and O–H groups in total. The first-order chi connectivity index (χ1) is 72.1. The fraction of sp³-hybridized carbons (Fsp3) is 0.314. The predicted molar refractivity (Wildman–Crippen MR) is 552 cm³/mol. The molecule has 0 aliphatic rings. The van der Waals surface area contributed by atoms with E-state index in [0.717, 1.165) is 108 Å². The number of likely N-dealkylation sites (N-methyl/N-ethyl adjacent to an activating group) is 2. The van der Waals surface area contributed by atoms with Crippen LogP contribution in [0.1, 0.15) is 88.3 Å². The number of nitrogens with zero attached hydrogens (tertiary/aromatic N) is 26. The molecule has 0 amide bonds. The smallest absolute Gasteiger partial charge is 0.328 e. The quantitative estimate of drug-likeness (QED) is 0.0219. The zero-order chi connectivity index (χ0) is 107. The van der Waals surface area contributed by atoms with Gasteiger partial charge in [-0.25, -0.2) is 23.4 Å². The zero-order valence-electron chi connectivity index (χ0n) is 86.6. The van der Waals surface area contributed by atoms with Gasteiger partial charge < -0.3 is 65.7 Å². The first kappa shape index (κ1) is 110. The van der Waals surface area contributed by atoms with E-state index < -0.39 is 11.9 Å². The van der Waals surface area contributed by atoms with Gasteiger partial charge in [0, 0.05) is 46.5 Å². The highest BCUT2D eigenvalue weighted by molar-refractivity contribution is 7.98. The Balaban J connectivity index is 0.000000150. The van der Waals surface area contributed by atoms with Crippen molar-refractivity contribution >= 4 is 47.6 Å². The Morgan fingerprint density at radius 2 is 0.540 bits per heavy atom. The summed E-state index contributed by atoms with van der Waals surface area (Å²) in [7, 11) is 5.18. The Morgan fingerprint density at radius 1 is 0.313 bits per heavy atom. The fourth-order valence-electron chi connectivity index (χ4n) is 14.9. The van der Waals surface area contributed by atoms with Crippen molar-refractivity contribution in [2.75, 3.05) is 79.4 Å². The maximum atomic E-state index is 12.3. The molecule has 0 spiro atoms. The molecule has 18 aromatic rings. The molecule has 12 aromatic heterocycles. The van der Waals surface area contributed by atoms with Gasteiger partial charge in [0.25, 0.3) is 35.3 Å². The first-order valence-electron chi connectivity index (χ1n) is 47.6. The van der Waals surface area contributed by atoms with E-state index in [-0.39, 0.29) is 63.1 Å². The second-order valence-corrected chi connectivity index (χ2v) is 35.5. The van der Waals surface area contributed by atoms with E-state index in [1.54, 1.807) is 30.7 Å². The van der Waals surface area contributed by atoms with Gasteiger partial charge in [-0.2, -0.15) is 60.5 Å². The average Bonchev–Trinajstić information content (AvgIpc) is 1.69. The summed E-state index contributed by atoms with van der Waals surface area (Å²) in [5.74, 6) is 2.27. The second kappa shape index (κ2) is 52.5. The molecule has 6 aromatic carbocycles. The normalized spacial score (nSPS) is 10.9. The second-order valence-electron chi connectivity index (χ2n) is 34.7. The average molecular weight is 2060 g/mol. The van der Waals surface area contributed by atoms with E-state index in [1.165, 1.54) is 42.3 Å². The number of carbonyl (C=O) groups is 6. The number of esters is 5. The van der Waals surface area contributed by atoms with Crippen molar-refractivity contribution in [3.8, 4) is 138 Å². The first-order valence-corrected chi connectivity index (χ1v) is 49.0. The number of carbonyl (C=O) groups excluding carboxylic acids is 5. The van der Waals surface area contributed by atoms with Crippen LogP contribution in [0.3, 0.4) is 0 Å². The van der Waals surface area contributed by atoms with Crippen molar-refractivity contribution in [1.82, 2.24) is 129 Å². The molecule has 0 bridgehead atoms. The molecule has 0 fully saturated rings. The fourth-order valence-corrected chi connectivity index (χ4v) is 15.1. The van der Waals surface area contributed by atoms with E-state index >= 15 is 0 Å². The Labute approximate surface area is 866 Å². The van der Waals surface area contributed by atoms with Gasteiger partial charge in [-0.1, -0.05) is 151 Å². The minimum atomic E-state index is -0.980. The summed E-state index contributed by atoms with van der Waals surface area (Å²) in [6, 6.07) is 57.6. The topological polar surface area (TPSA) is 516 Å². The highest BCUT2D eigenvalue weighted by Gasteiger charge is 2.27.